The quantitative estimate of drug-likeness (QED) is 0.775. The Morgan fingerprint density at radius 2 is 2.13 bits per heavy atom. The molecule has 0 saturated heterocycles. The monoisotopic (exact) mass is 205 g/mol. The molecule has 0 radical (unpaired) electrons. The third kappa shape index (κ3) is 1.67. The van der Waals surface area contributed by atoms with Crippen LogP contribution in [0.4, 0.5) is 11.4 Å². The maximum atomic E-state index is 5.66. The molecule has 0 aliphatic carbocycles. The van der Waals surface area contributed by atoms with Crippen LogP contribution in [0.15, 0.2) is 18.2 Å². The van der Waals surface area contributed by atoms with Crippen molar-refractivity contribution in [2.45, 2.75) is 26.4 Å². The Balaban J connectivity index is 2.42. The fourth-order valence-corrected chi connectivity index (χ4v) is 2.20. The second kappa shape index (κ2) is 3.42. The fraction of sp³-hybridized carbons (Fsp3) is 0.500. The van der Waals surface area contributed by atoms with Gasteiger partial charge in [0.05, 0.1) is 11.4 Å². The number of nitrogens with zero attached hydrogens (tertiary/aromatic N) is 1. The normalized spacial score (nSPS) is 17.5. The van der Waals surface area contributed by atoms with Gasteiger partial charge in [-0.15, -0.1) is 0 Å². The standard InChI is InChI=1S/C12H19N3/c1-9-4-5-10-11(8-9)15(7-6-13)12(2,3)14-10/h4-5,8,14H,6-7,13H2,1-3H3. The van der Waals surface area contributed by atoms with Crippen molar-refractivity contribution in [3.8, 4) is 0 Å². The molecule has 82 valence electrons. The minimum Gasteiger partial charge on any atom is -0.361 e. The van der Waals surface area contributed by atoms with Crippen molar-refractivity contribution in [1.82, 2.24) is 0 Å². The molecule has 1 aromatic carbocycles. The van der Waals surface area contributed by atoms with E-state index in [4.69, 9.17) is 5.73 Å². The number of hydrogen-bond acceptors (Lipinski definition) is 3. The van der Waals surface area contributed by atoms with E-state index in [9.17, 15) is 0 Å². The molecule has 0 fully saturated rings. The van der Waals surface area contributed by atoms with Crippen LogP contribution >= 0.6 is 0 Å². The first-order chi connectivity index (χ1) is 7.04. The Morgan fingerprint density at radius 1 is 1.40 bits per heavy atom. The number of nitrogens with two attached hydrogens (primary N) is 1. The molecule has 0 unspecified atom stereocenters. The van der Waals surface area contributed by atoms with E-state index in [1.165, 1.54) is 16.9 Å². The molecule has 2 rings (SSSR count). The maximum Gasteiger partial charge on any atom is 0.105 e. The van der Waals surface area contributed by atoms with Crippen molar-refractivity contribution in [3.63, 3.8) is 0 Å². The van der Waals surface area contributed by atoms with Crippen LogP contribution in [0.1, 0.15) is 19.4 Å². The summed E-state index contributed by atoms with van der Waals surface area (Å²) in [6.07, 6.45) is 0. The van der Waals surface area contributed by atoms with E-state index in [1.807, 2.05) is 0 Å². The SMILES string of the molecule is Cc1ccc2c(c1)N(CCN)C(C)(C)N2. The lowest BCUT2D eigenvalue weighted by molar-refractivity contribution is 0.543. The zero-order valence-electron chi connectivity index (χ0n) is 9.67. The first-order valence-electron chi connectivity index (χ1n) is 5.41. The van der Waals surface area contributed by atoms with Gasteiger partial charge >= 0.3 is 0 Å². The molecule has 0 aromatic heterocycles. The lowest BCUT2D eigenvalue weighted by atomic mass is 10.2. The lowest BCUT2D eigenvalue weighted by Crippen LogP contribution is -2.47. The molecule has 3 nitrogen and oxygen atoms in total. The Hall–Kier alpha value is -1.22. The minimum absolute atomic E-state index is 0.0322. The molecular formula is C12H19N3. The molecule has 1 heterocycles. The summed E-state index contributed by atoms with van der Waals surface area (Å²) in [4.78, 5) is 2.33. The van der Waals surface area contributed by atoms with Crippen LogP contribution in [0.2, 0.25) is 0 Å². The van der Waals surface area contributed by atoms with Crippen molar-refractivity contribution < 1.29 is 0 Å². The number of benzene rings is 1. The Morgan fingerprint density at radius 3 is 2.80 bits per heavy atom. The molecule has 3 heteroatoms. The summed E-state index contributed by atoms with van der Waals surface area (Å²) in [7, 11) is 0. The van der Waals surface area contributed by atoms with E-state index in [-0.39, 0.29) is 5.66 Å². The van der Waals surface area contributed by atoms with E-state index >= 15 is 0 Å². The summed E-state index contributed by atoms with van der Waals surface area (Å²) in [6.45, 7) is 8.04. The molecular weight excluding hydrogens is 186 g/mol. The first kappa shape index (κ1) is 10.3. The Kier molecular flexibility index (Phi) is 2.35. The number of aryl methyl sites for hydroxylation is 1. The van der Waals surface area contributed by atoms with E-state index in [0.717, 1.165) is 6.54 Å². The fourth-order valence-electron chi connectivity index (χ4n) is 2.20. The van der Waals surface area contributed by atoms with Crippen LogP contribution < -0.4 is 16.0 Å². The number of nitrogens with one attached hydrogen (secondary N) is 1. The highest BCUT2D eigenvalue weighted by molar-refractivity contribution is 5.78. The van der Waals surface area contributed by atoms with Crippen LogP contribution in [0.5, 0.6) is 0 Å². The third-order valence-electron chi connectivity index (χ3n) is 2.91. The Labute approximate surface area is 91.3 Å². The van der Waals surface area contributed by atoms with Gasteiger partial charge in [-0.3, -0.25) is 0 Å². The molecule has 1 aliphatic heterocycles. The average molecular weight is 205 g/mol. The van der Waals surface area contributed by atoms with Gasteiger partial charge in [0.15, 0.2) is 0 Å². The van der Waals surface area contributed by atoms with E-state index < -0.39 is 0 Å². The van der Waals surface area contributed by atoms with Gasteiger partial charge in [-0.25, -0.2) is 0 Å². The lowest BCUT2D eigenvalue weighted by Gasteiger charge is -2.33. The highest BCUT2D eigenvalue weighted by atomic mass is 15.4. The average Bonchev–Trinajstić information content (AvgIpc) is 2.39. The smallest absolute Gasteiger partial charge is 0.105 e. The summed E-state index contributed by atoms with van der Waals surface area (Å²) in [6, 6.07) is 6.49. The second-order valence-electron chi connectivity index (χ2n) is 4.64. The van der Waals surface area contributed by atoms with Crippen LogP contribution in [0.25, 0.3) is 0 Å². The second-order valence-corrected chi connectivity index (χ2v) is 4.64. The largest absolute Gasteiger partial charge is 0.361 e. The summed E-state index contributed by atoms with van der Waals surface area (Å²) in [5, 5.41) is 3.51. The summed E-state index contributed by atoms with van der Waals surface area (Å²) in [5.74, 6) is 0. The molecule has 1 aliphatic rings. The topological polar surface area (TPSA) is 41.3 Å². The molecule has 0 amide bonds. The van der Waals surface area contributed by atoms with Gasteiger partial charge in [0.25, 0.3) is 0 Å². The predicted octanol–water partition coefficient (Wildman–Crippen LogP) is 1.92. The molecule has 3 N–H and O–H groups in total. The van der Waals surface area contributed by atoms with Gasteiger partial charge < -0.3 is 16.0 Å². The predicted molar refractivity (Wildman–Crippen MR) is 65.3 cm³/mol. The number of rotatable bonds is 2. The molecule has 0 saturated carbocycles. The van der Waals surface area contributed by atoms with E-state index in [0.29, 0.717) is 6.54 Å². The molecule has 0 atom stereocenters. The zero-order valence-corrected chi connectivity index (χ0v) is 9.67. The highest BCUT2D eigenvalue weighted by Crippen LogP contribution is 2.39. The van der Waals surface area contributed by atoms with Crippen LogP contribution in [-0.2, 0) is 0 Å². The first-order valence-corrected chi connectivity index (χ1v) is 5.41. The van der Waals surface area contributed by atoms with Crippen molar-refractivity contribution in [2.24, 2.45) is 5.73 Å². The van der Waals surface area contributed by atoms with Crippen molar-refractivity contribution >= 4 is 11.4 Å². The molecule has 0 bridgehead atoms. The van der Waals surface area contributed by atoms with Gasteiger partial charge in [0.2, 0.25) is 0 Å². The van der Waals surface area contributed by atoms with Gasteiger partial charge in [-0.2, -0.15) is 0 Å². The van der Waals surface area contributed by atoms with Crippen LogP contribution in [-0.4, -0.2) is 18.8 Å². The number of hydrogen-bond donors (Lipinski definition) is 2. The highest BCUT2D eigenvalue weighted by Gasteiger charge is 2.34. The van der Waals surface area contributed by atoms with E-state index in [1.54, 1.807) is 0 Å². The van der Waals surface area contributed by atoms with E-state index in [2.05, 4.69) is 49.2 Å². The molecule has 1 aromatic rings. The van der Waals surface area contributed by atoms with Crippen molar-refractivity contribution in [2.75, 3.05) is 23.3 Å². The van der Waals surface area contributed by atoms with Crippen LogP contribution in [0, 0.1) is 6.92 Å². The summed E-state index contributed by atoms with van der Waals surface area (Å²) in [5.41, 5.74) is 9.39. The number of anilines is 2. The van der Waals surface area contributed by atoms with Crippen molar-refractivity contribution in [1.29, 1.82) is 0 Å². The Bertz CT molecular complexity index is 371. The van der Waals surface area contributed by atoms with Gasteiger partial charge in [-0.05, 0) is 38.5 Å². The minimum atomic E-state index is -0.0322. The number of fused-ring (bicyclic) bond motifs is 1. The summed E-state index contributed by atoms with van der Waals surface area (Å²) < 4.78 is 0. The molecule has 15 heavy (non-hydrogen) atoms. The van der Waals surface area contributed by atoms with Crippen LogP contribution in [0.3, 0.4) is 0 Å². The van der Waals surface area contributed by atoms with Gasteiger partial charge in [0.1, 0.15) is 5.66 Å². The van der Waals surface area contributed by atoms with Crippen molar-refractivity contribution in [3.05, 3.63) is 23.8 Å². The van der Waals surface area contributed by atoms with Gasteiger partial charge in [0, 0.05) is 13.1 Å². The summed E-state index contributed by atoms with van der Waals surface area (Å²) >= 11 is 0. The van der Waals surface area contributed by atoms with Gasteiger partial charge in [-0.1, -0.05) is 6.07 Å². The maximum absolute atomic E-state index is 5.66. The third-order valence-corrected chi connectivity index (χ3v) is 2.91. The molecule has 0 spiro atoms. The zero-order chi connectivity index (χ0) is 11.1.